The molecule has 6 heteroatoms. The van der Waals surface area contributed by atoms with E-state index in [4.69, 9.17) is 4.74 Å². The summed E-state index contributed by atoms with van der Waals surface area (Å²) < 4.78 is 5.34. The highest BCUT2D eigenvalue weighted by atomic mass is 16.5. The molecule has 128 valence electrons. The molecule has 0 aliphatic carbocycles. The number of aromatic amines is 1. The topological polar surface area (TPSA) is 83.2 Å². The first-order valence-electron chi connectivity index (χ1n) is 8.13. The van der Waals surface area contributed by atoms with Crippen LogP contribution in [0.5, 0.6) is 0 Å². The first-order chi connectivity index (χ1) is 11.3. The Hall–Kier alpha value is -2.18. The molecule has 1 aromatic heterocycles. The average Bonchev–Trinajstić information content (AvgIpc) is 3.03. The van der Waals surface area contributed by atoms with Crippen LogP contribution in [0.3, 0.4) is 0 Å². The van der Waals surface area contributed by atoms with Gasteiger partial charge in [0.1, 0.15) is 12.6 Å². The summed E-state index contributed by atoms with van der Waals surface area (Å²) in [5.41, 5.74) is 7.16. The number of pyridine rings is 1. The van der Waals surface area contributed by atoms with Gasteiger partial charge in [0.25, 0.3) is 5.56 Å². The van der Waals surface area contributed by atoms with E-state index in [0.29, 0.717) is 12.0 Å². The molecular formula is C18H23N3O3. The molecule has 0 bridgehead atoms. The first-order valence-corrected chi connectivity index (χ1v) is 8.13. The van der Waals surface area contributed by atoms with E-state index < -0.39 is 6.04 Å². The molecule has 0 spiro atoms. The number of para-hydroxylation sites is 1. The monoisotopic (exact) mass is 329 g/mol. The third kappa shape index (κ3) is 3.49. The van der Waals surface area contributed by atoms with E-state index in [0.717, 1.165) is 10.9 Å². The summed E-state index contributed by atoms with van der Waals surface area (Å²) >= 11 is 0. The fourth-order valence-corrected chi connectivity index (χ4v) is 2.83. The molecule has 0 saturated carbocycles. The number of rotatable bonds is 3. The van der Waals surface area contributed by atoms with Crippen molar-refractivity contribution in [1.82, 2.24) is 15.8 Å². The Labute approximate surface area is 140 Å². The maximum Gasteiger partial charge on any atom is 0.324 e. The van der Waals surface area contributed by atoms with E-state index in [2.05, 4.69) is 36.6 Å². The summed E-state index contributed by atoms with van der Waals surface area (Å²) in [7, 11) is 0. The molecular weight excluding hydrogens is 306 g/mol. The molecule has 2 unspecified atom stereocenters. The molecule has 1 saturated heterocycles. The SMILES string of the molecule is CC(C)(C)C1CC(C(=O)OCc2cc3ccccc3[nH]c2=O)NN1. The van der Waals surface area contributed by atoms with Gasteiger partial charge in [-0.1, -0.05) is 39.0 Å². The van der Waals surface area contributed by atoms with Crippen LogP contribution in [-0.4, -0.2) is 23.0 Å². The number of carbonyl (C=O) groups is 1. The lowest BCUT2D eigenvalue weighted by atomic mass is 9.85. The Balaban J connectivity index is 1.65. The number of ether oxygens (including phenoxy) is 1. The summed E-state index contributed by atoms with van der Waals surface area (Å²) in [5, 5.41) is 0.914. The number of fused-ring (bicyclic) bond motifs is 1. The van der Waals surface area contributed by atoms with Crippen LogP contribution in [0.15, 0.2) is 35.1 Å². The van der Waals surface area contributed by atoms with Crippen LogP contribution < -0.4 is 16.4 Å². The highest BCUT2D eigenvalue weighted by molar-refractivity contribution is 5.79. The van der Waals surface area contributed by atoms with Gasteiger partial charge in [0.15, 0.2) is 0 Å². The predicted molar refractivity (Wildman–Crippen MR) is 92.3 cm³/mol. The van der Waals surface area contributed by atoms with Crippen LogP contribution in [0.4, 0.5) is 0 Å². The van der Waals surface area contributed by atoms with E-state index in [9.17, 15) is 9.59 Å². The Bertz CT molecular complexity index is 807. The predicted octanol–water partition coefficient (Wildman–Crippen LogP) is 1.85. The number of H-pyrrole nitrogens is 1. The molecule has 2 heterocycles. The van der Waals surface area contributed by atoms with Gasteiger partial charge in [-0.2, -0.15) is 0 Å². The smallest absolute Gasteiger partial charge is 0.324 e. The van der Waals surface area contributed by atoms with E-state index in [1.807, 2.05) is 24.3 Å². The molecule has 1 aliphatic rings. The van der Waals surface area contributed by atoms with E-state index in [1.165, 1.54) is 0 Å². The van der Waals surface area contributed by atoms with E-state index in [1.54, 1.807) is 6.07 Å². The second-order valence-electron chi connectivity index (χ2n) is 7.31. The number of aromatic nitrogens is 1. The summed E-state index contributed by atoms with van der Waals surface area (Å²) in [6.07, 6.45) is 0.663. The molecule has 1 aliphatic heterocycles. The lowest BCUT2D eigenvalue weighted by Crippen LogP contribution is -2.41. The first kappa shape index (κ1) is 16.7. The van der Waals surface area contributed by atoms with Crippen molar-refractivity contribution in [2.45, 2.75) is 45.9 Å². The van der Waals surface area contributed by atoms with Crippen LogP contribution in [-0.2, 0) is 16.1 Å². The Morgan fingerprint density at radius 1 is 1.25 bits per heavy atom. The summed E-state index contributed by atoms with van der Waals surface area (Å²) in [6.45, 7) is 6.33. The van der Waals surface area contributed by atoms with E-state index in [-0.39, 0.29) is 29.6 Å². The summed E-state index contributed by atoms with van der Waals surface area (Å²) in [5.74, 6) is -0.346. The standard InChI is InChI=1S/C18H23N3O3/c1-18(2,3)15-9-14(20-21-15)17(23)24-10-12-8-11-6-4-5-7-13(11)19-16(12)22/h4-8,14-15,20-21H,9-10H2,1-3H3,(H,19,22). The summed E-state index contributed by atoms with van der Waals surface area (Å²) in [6, 6.07) is 9.08. The summed E-state index contributed by atoms with van der Waals surface area (Å²) in [4.78, 5) is 27.1. The van der Waals surface area contributed by atoms with Crippen molar-refractivity contribution in [3.63, 3.8) is 0 Å². The number of hydrogen-bond acceptors (Lipinski definition) is 5. The average molecular weight is 329 g/mol. The van der Waals surface area contributed by atoms with Gasteiger partial charge in [-0.25, -0.2) is 5.43 Å². The van der Waals surface area contributed by atoms with Crippen molar-refractivity contribution in [2.24, 2.45) is 5.41 Å². The second kappa shape index (κ2) is 6.37. The minimum Gasteiger partial charge on any atom is -0.459 e. The molecule has 3 N–H and O–H groups in total. The van der Waals surface area contributed by atoms with Crippen LogP contribution in [0.1, 0.15) is 32.8 Å². The number of hydrazine groups is 1. The molecule has 2 aromatic rings. The molecule has 0 radical (unpaired) electrons. The zero-order chi connectivity index (χ0) is 17.3. The zero-order valence-corrected chi connectivity index (χ0v) is 14.2. The molecule has 2 atom stereocenters. The molecule has 0 amide bonds. The quantitative estimate of drug-likeness (QED) is 0.749. The number of benzene rings is 1. The van der Waals surface area contributed by atoms with Crippen LogP contribution in [0, 0.1) is 5.41 Å². The van der Waals surface area contributed by atoms with Crippen molar-refractivity contribution in [2.75, 3.05) is 0 Å². The lowest BCUT2D eigenvalue weighted by molar-refractivity contribution is -0.147. The Kier molecular flexibility index (Phi) is 4.43. The largest absolute Gasteiger partial charge is 0.459 e. The van der Waals surface area contributed by atoms with Crippen LogP contribution >= 0.6 is 0 Å². The number of esters is 1. The normalized spacial score (nSPS) is 21.1. The van der Waals surface area contributed by atoms with Crippen molar-refractivity contribution >= 4 is 16.9 Å². The zero-order valence-electron chi connectivity index (χ0n) is 14.2. The Morgan fingerprint density at radius 2 is 2.00 bits per heavy atom. The maximum atomic E-state index is 12.2. The molecule has 1 fully saturated rings. The highest BCUT2D eigenvalue weighted by Gasteiger charge is 2.36. The van der Waals surface area contributed by atoms with Gasteiger partial charge >= 0.3 is 5.97 Å². The van der Waals surface area contributed by atoms with Gasteiger partial charge in [-0.3, -0.25) is 15.0 Å². The van der Waals surface area contributed by atoms with Crippen molar-refractivity contribution in [3.05, 3.63) is 46.2 Å². The van der Waals surface area contributed by atoms with Crippen molar-refractivity contribution in [1.29, 1.82) is 0 Å². The van der Waals surface area contributed by atoms with Gasteiger partial charge in [0.05, 0.1) is 5.56 Å². The van der Waals surface area contributed by atoms with Gasteiger partial charge < -0.3 is 9.72 Å². The van der Waals surface area contributed by atoms with Gasteiger partial charge in [-0.15, -0.1) is 0 Å². The van der Waals surface area contributed by atoms with Gasteiger partial charge in [0.2, 0.25) is 0 Å². The molecule has 1 aromatic carbocycles. The maximum absolute atomic E-state index is 12.2. The molecule has 6 nitrogen and oxygen atoms in total. The van der Waals surface area contributed by atoms with Crippen molar-refractivity contribution in [3.8, 4) is 0 Å². The number of carbonyl (C=O) groups excluding carboxylic acids is 1. The van der Waals surface area contributed by atoms with Crippen LogP contribution in [0.25, 0.3) is 10.9 Å². The number of nitrogens with one attached hydrogen (secondary N) is 3. The fraction of sp³-hybridized carbons (Fsp3) is 0.444. The van der Waals surface area contributed by atoms with Gasteiger partial charge in [0, 0.05) is 11.6 Å². The van der Waals surface area contributed by atoms with E-state index >= 15 is 0 Å². The van der Waals surface area contributed by atoms with Crippen molar-refractivity contribution < 1.29 is 9.53 Å². The lowest BCUT2D eigenvalue weighted by Gasteiger charge is -2.25. The fourth-order valence-electron chi connectivity index (χ4n) is 2.83. The molecule has 3 rings (SSSR count). The molecule has 24 heavy (non-hydrogen) atoms. The minimum atomic E-state index is -0.395. The van der Waals surface area contributed by atoms with Crippen LogP contribution in [0.2, 0.25) is 0 Å². The third-order valence-electron chi connectivity index (χ3n) is 4.43. The van der Waals surface area contributed by atoms with Gasteiger partial charge in [-0.05, 0) is 29.4 Å². The third-order valence-corrected chi connectivity index (χ3v) is 4.43. The number of hydrogen-bond donors (Lipinski definition) is 3. The minimum absolute atomic E-state index is 0.0304. The highest BCUT2D eigenvalue weighted by Crippen LogP contribution is 2.25. The Morgan fingerprint density at radius 3 is 2.71 bits per heavy atom. The second-order valence-corrected chi connectivity index (χ2v) is 7.31.